The lowest BCUT2D eigenvalue weighted by Gasteiger charge is -2.12. The van der Waals surface area contributed by atoms with Crippen LogP contribution in [0.2, 0.25) is 0 Å². The van der Waals surface area contributed by atoms with Crippen LogP contribution in [0.15, 0.2) is 59.9 Å². The van der Waals surface area contributed by atoms with E-state index in [9.17, 15) is 26.4 Å². The molecular weight excluding hydrogens is 514 g/mol. The normalized spacial score (nSPS) is 12.0. The molecule has 0 aliphatic rings. The monoisotopic (exact) mass is 531 g/mol. The largest absolute Gasteiger partial charge is 0.393 e. The van der Waals surface area contributed by atoms with Crippen LogP contribution >= 0.6 is 0 Å². The van der Waals surface area contributed by atoms with E-state index in [0.29, 0.717) is 41.5 Å². The van der Waals surface area contributed by atoms with E-state index in [1.807, 2.05) is 0 Å². The molecular formula is C24H17F4N5O3S. The summed E-state index contributed by atoms with van der Waals surface area (Å²) in [6.07, 6.45) is 5.18. The molecule has 0 aliphatic carbocycles. The first-order valence-corrected chi connectivity index (χ1v) is 11.9. The van der Waals surface area contributed by atoms with Gasteiger partial charge in [-0.25, -0.2) is 31.0 Å². The molecule has 0 spiro atoms. The zero-order valence-electron chi connectivity index (χ0n) is 18.9. The topological polar surface area (TPSA) is 128 Å². The number of halogens is 4. The summed E-state index contributed by atoms with van der Waals surface area (Å²) in [6, 6.07) is 4.54. The predicted octanol–water partition coefficient (Wildman–Crippen LogP) is 4.36. The Morgan fingerprint density at radius 1 is 1.08 bits per heavy atom. The molecule has 0 atom stereocenters. The zero-order chi connectivity index (χ0) is 26.9. The van der Waals surface area contributed by atoms with Crippen LogP contribution in [-0.4, -0.2) is 37.4 Å². The number of H-pyrrole nitrogens is 1. The van der Waals surface area contributed by atoms with Gasteiger partial charge in [0.25, 0.3) is 10.0 Å². The van der Waals surface area contributed by atoms with E-state index < -0.39 is 55.2 Å². The third-order valence-corrected chi connectivity index (χ3v) is 6.69. The molecule has 2 heterocycles. The molecule has 0 amide bonds. The van der Waals surface area contributed by atoms with Crippen LogP contribution in [0.3, 0.4) is 0 Å². The number of anilines is 1. The number of carbonyl (C=O) groups excluding carboxylic acids is 1. The number of benzene rings is 2. The number of hydrogen-bond acceptors (Lipinski definition) is 6. The Bertz CT molecular complexity index is 1700. The Hall–Kier alpha value is -4.52. The van der Waals surface area contributed by atoms with Gasteiger partial charge in [-0.2, -0.15) is 0 Å². The van der Waals surface area contributed by atoms with E-state index in [-0.39, 0.29) is 16.6 Å². The van der Waals surface area contributed by atoms with Gasteiger partial charge >= 0.3 is 0 Å². The molecule has 13 heteroatoms. The number of allylic oxidation sites excluding steroid dienone is 1. The summed E-state index contributed by atoms with van der Waals surface area (Å²) in [5.41, 5.74) is -1.04. The fraction of sp³-hybridized carbons (Fsp3) is 0.0417. The molecule has 0 unspecified atom stereocenters. The number of rotatable bonds is 8. The third kappa shape index (κ3) is 4.80. The van der Waals surface area contributed by atoms with Crippen molar-refractivity contribution >= 4 is 44.3 Å². The van der Waals surface area contributed by atoms with E-state index in [2.05, 4.69) is 15.3 Å². The number of pyridine rings is 1. The molecule has 0 fully saturated rings. The van der Waals surface area contributed by atoms with Gasteiger partial charge in [-0.3, -0.25) is 9.52 Å². The van der Waals surface area contributed by atoms with Crippen LogP contribution < -0.4 is 10.0 Å². The maximum absolute atomic E-state index is 15.3. The van der Waals surface area contributed by atoms with Crippen LogP contribution in [0.1, 0.15) is 21.5 Å². The number of sulfonamides is 1. The van der Waals surface area contributed by atoms with E-state index in [4.69, 9.17) is 5.41 Å². The Morgan fingerprint density at radius 3 is 2.51 bits per heavy atom. The van der Waals surface area contributed by atoms with Crippen molar-refractivity contribution in [2.75, 3.05) is 11.8 Å². The number of hydrogen-bond donors (Lipinski definition) is 4. The van der Waals surface area contributed by atoms with Crippen molar-refractivity contribution in [3.8, 4) is 0 Å². The number of ketones is 1. The molecule has 0 radical (unpaired) electrons. The SMILES string of the molecule is CN/C=C(\C=N)c1cnc2[nH]cc(C(=O)c3c(F)ccc(NS(=O)(=O)c4cc(F)ccc4F)c3F)c2c1. The quantitative estimate of drug-likeness (QED) is 0.153. The maximum atomic E-state index is 15.3. The number of nitrogens with one attached hydrogen (secondary N) is 4. The molecule has 4 rings (SSSR count). The summed E-state index contributed by atoms with van der Waals surface area (Å²) in [5, 5.41) is 10.5. The summed E-state index contributed by atoms with van der Waals surface area (Å²) >= 11 is 0. The molecule has 4 aromatic rings. The summed E-state index contributed by atoms with van der Waals surface area (Å²) in [6.45, 7) is 0. The van der Waals surface area contributed by atoms with Gasteiger partial charge in [0, 0.05) is 53.9 Å². The molecule has 2 aromatic carbocycles. The number of nitrogens with zero attached hydrogens (tertiary/aromatic N) is 1. The summed E-state index contributed by atoms with van der Waals surface area (Å²) in [4.78, 5) is 19.0. The van der Waals surface area contributed by atoms with Crippen LogP contribution in [0.25, 0.3) is 16.6 Å². The van der Waals surface area contributed by atoms with Crippen molar-refractivity contribution in [3.05, 3.63) is 95.0 Å². The first kappa shape index (κ1) is 25.6. The van der Waals surface area contributed by atoms with Gasteiger partial charge < -0.3 is 15.7 Å². The van der Waals surface area contributed by atoms with Crippen LogP contribution in [0, 0.1) is 28.7 Å². The number of carbonyl (C=O) groups is 1. The van der Waals surface area contributed by atoms with Gasteiger partial charge in [-0.1, -0.05) is 0 Å². The maximum Gasteiger partial charge on any atom is 0.265 e. The number of aromatic amines is 1. The summed E-state index contributed by atoms with van der Waals surface area (Å²) in [5.74, 6) is -6.32. The lowest BCUT2D eigenvalue weighted by atomic mass is 10.00. The van der Waals surface area contributed by atoms with E-state index in [1.165, 1.54) is 24.7 Å². The molecule has 0 saturated carbocycles. The van der Waals surface area contributed by atoms with Crippen molar-refractivity contribution in [2.45, 2.75) is 4.90 Å². The highest BCUT2D eigenvalue weighted by molar-refractivity contribution is 7.92. The summed E-state index contributed by atoms with van der Waals surface area (Å²) in [7, 11) is -3.22. The third-order valence-electron chi connectivity index (χ3n) is 5.31. The van der Waals surface area contributed by atoms with Crippen LogP contribution in [-0.2, 0) is 10.0 Å². The molecule has 0 bridgehead atoms. The van der Waals surface area contributed by atoms with Crippen LogP contribution in [0.5, 0.6) is 0 Å². The minimum absolute atomic E-state index is 0.174. The highest BCUT2D eigenvalue weighted by Gasteiger charge is 2.27. The van der Waals surface area contributed by atoms with Crippen LogP contribution in [0.4, 0.5) is 23.2 Å². The average Bonchev–Trinajstić information content (AvgIpc) is 3.29. The molecule has 2 aromatic heterocycles. The first-order valence-electron chi connectivity index (χ1n) is 10.4. The van der Waals surface area contributed by atoms with Crippen molar-refractivity contribution < 1.29 is 30.8 Å². The Morgan fingerprint density at radius 2 is 1.81 bits per heavy atom. The Kier molecular flexibility index (Phi) is 6.81. The molecule has 37 heavy (non-hydrogen) atoms. The Labute approximate surface area is 207 Å². The average molecular weight is 531 g/mol. The number of fused-ring (bicyclic) bond motifs is 1. The number of aromatic nitrogens is 2. The standard InChI is InChI=1S/C24H17F4N5O3S/c1-30-9-13(8-29)12-6-15-16(11-32-24(15)31-10-12)23(34)21-18(27)4-5-19(22(21)28)33-37(35,36)20-7-14(25)2-3-17(20)26/h2-11,29-30,33H,1H3,(H,31,32)/b13-9+,29-8?. The predicted molar refractivity (Wildman–Crippen MR) is 129 cm³/mol. The minimum Gasteiger partial charge on any atom is -0.393 e. The molecule has 0 saturated heterocycles. The second-order valence-electron chi connectivity index (χ2n) is 7.65. The van der Waals surface area contributed by atoms with Crippen molar-refractivity contribution in [3.63, 3.8) is 0 Å². The van der Waals surface area contributed by atoms with Gasteiger partial charge in [-0.05, 0) is 36.4 Å². The fourth-order valence-electron chi connectivity index (χ4n) is 3.57. The van der Waals surface area contributed by atoms with Gasteiger partial charge in [-0.15, -0.1) is 0 Å². The van der Waals surface area contributed by atoms with Crippen molar-refractivity contribution in [2.24, 2.45) is 0 Å². The van der Waals surface area contributed by atoms with E-state index >= 15 is 4.39 Å². The van der Waals surface area contributed by atoms with Gasteiger partial charge in [0.05, 0.1) is 11.3 Å². The highest BCUT2D eigenvalue weighted by Crippen LogP contribution is 2.29. The van der Waals surface area contributed by atoms with Gasteiger partial charge in [0.1, 0.15) is 28.0 Å². The smallest absolute Gasteiger partial charge is 0.265 e. The second-order valence-corrected chi connectivity index (χ2v) is 9.30. The first-order chi connectivity index (χ1) is 17.6. The van der Waals surface area contributed by atoms with Gasteiger partial charge in [0.2, 0.25) is 5.78 Å². The second kappa shape index (κ2) is 9.85. The fourth-order valence-corrected chi connectivity index (χ4v) is 4.72. The molecule has 8 nitrogen and oxygen atoms in total. The van der Waals surface area contributed by atoms with Crippen molar-refractivity contribution in [1.29, 1.82) is 5.41 Å². The highest BCUT2D eigenvalue weighted by atomic mass is 32.2. The lowest BCUT2D eigenvalue weighted by Crippen LogP contribution is -2.17. The molecule has 190 valence electrons. The molecule has 4 N–H and O–H groups in total. The van der Waals surface area contributed by atoms with E-state index in [0.717, 1.165) is 6.21 Å². The van der Waals surface area contributed by atoms with Gasteiger partial charge in [0.15, 0.2) is 5.82 Å². The lowest BCUT2D eigenvalue weighted by molar-refractivity contribution is 0.103. The van der Waals surface area contributed by atoms with E-state index in [1.54, 1.807) is 11.8 Å². The zero-order valence-corrected chi connectivity index (χ0v) is 19.7. The van der Waals surface area contributed by atoms with Crippen molar-refractivity contribution in [1.82, 2.24) is 15.3 Å². The summed E-state index contributed by atoms with van der Waals surface area (Å²) < 4.78 is 84.4. The minimum atomic E-state index is -4.84. The molecule has 0 aliphatic heterocycles. The Balaban J connectivity index is 1.78.